The molecule has 0 bridgehead atoms. The van der Waals surface area contributed by atoms with Gasteiger partial charge in [-0.05, 0) is 45.4 Å². The smallest absolute Gasteiger partial charge is 0.410 e. The third-order valence-electron chi connectivity index (χ3n) is 5.04. The normalized spacial score (nSPS) is 27.4. The lowest BCUT2D eigenvalue weighted by Crippen LogP contribution is -2.54. The van der Waals surface area contributed by atoms with Crippen molar-refractivity contribution in [2.75, 3.05) is 25.0 Å². The predicted octanol–water partition coefficient (Wildman–Crippen LogP) is 4.60. The highest BCUT2D eigenvalue weighted by molar-refractivity contribution is 9.09. The van der Waals surface area contributed by atoms with Crippen LogP contribution in [0, 0.1) is 11.8 Å². The summed E-state index contributed by atoms with van der Waals surface area (Å²) in [6, 6.07) is 0. The third-order valence-corrected chi connectivity index (χ3v) is 6.06. The minimum Gasteiger partial charge on any atom is -0.444 e. The lowest BCUT2D eigenvalue weighted by molar-refractivity contribution is -0.0928. The SMILES string of the molecule is CC(COC1(CBr)CCCN(C(=O)OC(C)(C)C)C1)C1CCC1. The zero-order chi connectivity index (χ0) is 17.1. The van der Waals surface area contributed by atoms with Crippen molar-refractivity contribution in [3.8, 4) is 0 Å². The molecule has 2 unspecified atom stereocenters. The zero-order valence-corrected chi connectivity index (χ0v) is 16.7. The van der Waals surface area contributed by atoms with Gasteiger partial charge in [-0.1, -0.05) is 42.1 Å². The summed E-state index contributed by atoms with van der Waals surface area (Å²) in [5.41, 5.74) is -0.724. The second kappa shape index (κ2) is 7.73. The van der Waals surface area contributed by atoms with Gasteiger partial charge in [-0.25, -0.2) is 4.79 Å². The summed E-state index contributed by atoms with van der Waals surface area (Å²) >= 11 is 3.62. The van der Waals surface area contributed by atoms with E-state index in [2.05, 4.69) is 22.9 Å². The molecule has 0 spiro atoms. The Balaban J connectivity index is 1.90. The standard InChI is InChI=1S/C18H32BrNO3/c1-14(15-7-5-8-15)11-22-18(12-19)9-6-10-20(13-18)16(21)23-17(2,3)4/h14-15H,5-13H2,1-4H3. The Morgan fingerprint density at radius 1 is 1.35 bits per heavy atom. The van der Waals surface area contributed by atoms with E-state index in [1.807, 2.05) is 25.7 Å². The molecule has 23 heavy (non-hydrogen) atoms. The second-order valence-electron chi connectivity index (χ2n) is 8.30. The summed E-state index contributed by atoms with van der Waals surface area (Å²) in [7, 11) is 0. The molecule has 2 fully saturated rings. The Morgan fingerprint density at radius 3 is 2.57 bits per heavy atom. The van der Waals surface area contributed by atoms with Gasteiger partial charge in [-0.15, -0.1) is 0 Å². The van der Waals surface area contributed by atoms with E-state index in [9.17, 15) is 4.79 Å². The van der Waals surface area contributed by atoms with E-state index in [-0.39, 0.29) is 11.7 Å². The highest BCUT2D eigenvalue weighted by atomic mass is 79.9. The molecular formula is C18H32BrNO3. The molecule has 5 heteroatoms. The van der Waals surface area contributed by atoms with Crippen LogP contribution in [-0.4, -0.2) is 47.2 Å². The highest BCUT2D eigenvalue weighted by Gasteiger charge is 2.39. The van der Waals surface area contributed by atoms with Crippen LogP contribution < -0.4 is 0 Å². The number of likely N-dealkylation sites (tertiary alicyclic amines) is 1. The van der Waals surface area contributed by atoms with Crippen molar-refractivity contribution in [2.45, 2.75) is 71.0 Å². The fraction of sp³-hybridized carbons (Fsp3) is 0.944. The largest absolute Gasteiger partial charge is 0.444 e. The molecule has 0 N–H and O–H groups in total. The first-order valence-electron chi connectivity index (χ1n) is 8.92. The molecule has 4 nitrogen and oxygen atoms in total. The first-order valence-corrected chi connectivity index (χ1v) is 10.0. The minimum absolute atomic E-state index is 0.224. The number of halogens is 1. The van der Waals surface area contributed by atoms with E-state index in [1.165, 1.54) is 19.3 Å². The number of piperidine rings is 1. The monoisotopic (exact) mass is 389 g/mol. The van der Waals surface area contributed by atoms with E-state index in [4.69, 9.17) is 9.47 Å². The summed E-state index contributed by atoms with van der Waals surface area (Å²) in [5.74, 6) is 1.43. The molecule has 2 atom stereocenters. The molecule has 1 aliphatic heterocycles. The van der Waals surface area contributed by atoms with Gasteiger partial charge in [-0.3, -0.25) is 0 Å². The first kappa shape index (κ1) is 19.0. The van der Waals surface area contributed by atoms with E-state index in [1.54, 1.807) is 0 Å². The summed E-state index contributed by atoms with van der Waals surface area (Å²) in [6.45, 7) is 10.2. The molecule has 0 radical (unpaired) electrons. The molecule has 1 amide bonds. The number of hydrogen-bond acceptors (Lipinski definition) is 3. The van der Waals surface area contributed by atoms with Crippen LogP contribution in [-0.2, 0) is 9.47 Å². The molecule has 1 saturated carbocycles. The van der Waals surface area contributed by atoms with Crippen LogP contribution >= 0.6 is 15.9 Å². The molecule has 0 aromatic rings. The molecule has 1 saturated heterocycles. The summed E-state index contributed by atoms with van der Waals surface area (Å²) in [6.07, 6.45) is 5.78. The van der Waals surface area contributed by atoms with Crippen molar-refractivity contribution in [1.29, 1.82) is 0 Å². The van der Waals surface area contributed by atoms with Gasteiger partial charge in [0.1, 0.15) is 5.60 Å². The van der Waals surface area contributed by atoms with Gasteiger partial charge in [0.05, 0.1) is 18.8 Å². The molecule has 0 aromatic carbocycles. The number of nitrogens with zero attached hydrogens (tertiary/aromatic N) is 1. The van der Waals surface area contributed by atoms with E-state index in [0.717, 1.165) is 37.2 Å². The Labute approximate surface area is 149 Å². The lowest BCUT2D eigenvalue weighted by Gasteiger charge is -2.43. The average Bonchev–Trinajstić information content (AvgIpc) is 2.42. The van der Waals surface area contributed by atoms with Crippen LogP contribution in [0.15, 0.2) is 0 Å². The highest BCUT2D eigenvalue weighted by Crippen LogP contribution is 2.35. The Morgan fingerprint density at radius 2 is 2.04 bits per heavy atom. The van der Waals surface area contributed by atoms with Crippen molar-refractivity contribution in [3.05, 3.63) is 0 Å². The van der Waals surface area contributed by atoms with E-state index < -0.39 is 5.60 Å². The van der Waals surface area contributed by atoms with Gasteiger partial charge in [0, 0.05) is 11.9 Å². The first-order chi connectivity index (χ1) is 10.7. The number of rotatable bonds is 5. The Kier molecular flexibility index (Phi) is 6.40. The van der Waals surface area contributed by atoms with Gasteiger partial charge >= 0.3 is 6.09 Å². The molecule has 0 aromatic heterocycles. The molecular weight excluding hydrogens is 358 g/mol. The van der Waals surface area contributed by atoms with Crippen LogP contribution in [0.25, 0.3) is 0 Å². The number of carbonyl (C=O) groups is 1. The van der Waals surface area contributed by atoms with Gasteiger partial charge in [-0.2, -0.15) is 0 Å². The van der Waals surface area contributed by atoms with Crippen molar-refractivity contribution in [3.63, 3.8) is 0 Å². The lowest BCUT2D eigenvalue weighted by atomic mass is 9.77. The quantitative estimate of drug-likeness (QED) is 0.644. The number of amides is 1. The zero-order valence-electron chi connectivity index (χ0n) is 15.1. The van der Waals surface area contributed by atoms with E-state index >= 15 is 0 Å². The van der Waals surface area contributed by atoms with Gasteiger partial charge in [0.2, 0.25) is 0 Å². The van der Waals surface area contributed by atoms with Crippen LogP contribution in [0.5, 0.6) is 0 Å². The number of hydrogen-bond donors (Lipinski definition) is 0. The Hall–Kier alpha value is -0.290. The van der Waals surface area contributed by atoms with Crippen molar-refractivity contribution < 1.29 is 14.3 Å². The maximum Gasteiger partial charge on any atom is 0.410 e. The van der Waals surface area contributed by atoms with Crippen molar-refractivity contribution in [1.82, 2.24) is 4.90 Å². The van der Waals surface area contributed by atoms with Crippen LogP contribution in [0.1, 0.15) is 59.8 Å². The maximum absolute atomic E-state index is 12.4. The predicted molar refractivity (Wildman–Crippen MR) is 96.0 cm³/mol. The van der Waals surface area contributed by atoms with Crippen LogP contribution in [0.2, 0.25) is 0 Å². The van der Waals surface area contributed by atoms with Crippen LogP contribution in [0.4, 0.5) is 4.79 Å². The minimum atomic E-state index is -0.453. The van der Waals surface area contributed by atoms with Crippen LogP contribution in [0.3, 0.4) is 0 Å². The third kappa shape index (κ3) is 5.35. The summed E-state index contributed by atoms with van der Waals surface area (Å²) in [4.78, 5) is 14.2. The molecule has 1 aliphatic carbocycles. The summed E-state index contributed by atoms with van der Waals surface area (Å²) < 4.78 is 11.9. The molecule has 134 valence electrons. The molecule has 2 rings (SSSR count). The summed E-state index contributed by atoms with van der Waals surface area (Å²) in [5, 5.41) is 0.761. The number of alkyl halides is 1. The van der Waals surface area contributed by atoms with Gasteiger partial charge in [0.25, 0.3) is 0 Å². The fourth-order valence-electron chi connectivity index (χ4n) is 3.30. The maximum atomic E-state index is 12.4. The topological polar surface area (TPSA) is 38.8 Å². The Bertz CT molecular complexity index is 406. The van der Waals surface area contributed by atoms with E-state index in [0.29, 0.717) is 12.5 Å². The fourth-order valence-corrected chi connectivity index (χ4v) is 3.92. The van der Waals surface area contributed by atoms with Gasteiger partial charge < -0.3 is 14.4 Å². The number of ether oxygens (including phenoxy) is 2. The second-order valence-corrected chi connectivity index (χ2v) is 8.86. The van der Waals surface area contributed by atoms with Crippen molar-refractivity contribution in [2.24, 2.45) is 11.8 Å². The molecule has 1 heterocycles. The van der Waals surface area contributed by atoms with Gasteiger partial charge in [0.15, 0.2) is 0 Å². The molecule has 2 aliphatic rings. The van der Waals surface area contributed by atoms with Crippen molar-refractivity contribution >= 4 is 22.0 Å². The number of carbonyl (C=O) groups excluding carboxylic acids is 1. The average molecular weight is 390 g/mol.